The highest BCUT2D eigenvalue weighted by Gasteiger charge is 2.20. The van der Waals surface area contributed by atoms with Gasteiger partial charge >= 0.3 is 0 Å². The first-order chi connectivity index (χ1) is 11.3. The highest BCUT2D eigenvalue weighted by Crippen LogP contribution is 2.33. The summed E-state index contributed by atoms with van der Waals surface area (Å²) < 4.78 is 7.08. The van der Waals surface area contributed by atoms with Gasteiger partial charge in [-0.2, -0.15) is 0 Å². The lowest BCUT2D eigenvalue weighted by Crippen LogP contribution is -1.99. The molecule has 2 aromatic carbocycles. The molecule has 0 spiro atoms. The minimum Gasteiger partial charge on any atom is -0.506 e. The highest BCUT2D eigenvalue weighted by atomic mass is 16.5. The van der Waals surface area contributed by atoms with Gasteiger partial charge in [0.15, 0.2) is 5.82 Å². The maximum absolute atomic E-state index is 10.3. The third-order valence-corrected chi connectivity index (χ3v) is 3.90. The lowest BCUT2D eigenvalue weighted by molar-refractivity contribution is 0.412. The Balaban J connectivity index is 2.09. The minimum absolute atomic E-state index is 0.200. The molecule has 0 unspecified atom stereocenters. The number of hydrogen-bond acceptors (Lipinski definition) is 4. The molecule has 4 aromatic rings. The van der Waals surface area contributed by atoms with E-state index in [2.05, 4.69) is 5.16 Å². The summed E-state index contributed by atoms with van der Waals surface area (Å²) in [7, 11) is 0. The molecule has 0 amide bonds. The third-order valence-electron chi connectivity index (χ3n) is 3.90. The van der Waals surface area contributed by atoms with Crippen molar-refractivity contribution in [2.45, 2.75) is 13.3 Å². The minimum atomic E-state index is 0.200. The number of phenolic OH excluding ortho intramolecular Hbond substituents is 1. The Morgan fingerprint density at radius 1 is 1.09 bits per heavy atom. The highest BCUT2D eigenvalue weighted by molar-refractivity contribution is 5.84. The Morgan fingerprint density at radius 2 is 1.87 bits per heavy atom. The van der Waals surface area contributed by atoms with Gasteiger partial charge in [0.05, 0.1) is 28.0 Å². The molecular weight excluding hydrogens is 290 g/mol. The van der Waals surface area contributed by atoms with Crippen LogP contribution in [-0.4, -0.2) is 19.8 Å². The van der Waals surface area contributed by atoms with Crippen molar-refractivity contribution in [3.8, 4) is 22.8 Å². The maximum atomic E-state index is 10.3. The Kier molecular flexibility index (Phi) is 3.12. The number of para-hydroxylation sites is 4. The third kappa shape index (κ3) is 2.09. The van der Waals surface area contributed by atoms with Crippen LogP contribution in [-0.2, 0) is 6.42 Å². The molecule has 2 heterocycles. The second kappa shape index (κ2) is 5.28. The smallest absolute Gasteiger partial charge is 0.151 e. The number of benzene rings is 2. The molecule has 0 atom stereocenters. The molecule has 0 aliphatic rings. The molecule has 5 heteroatoms. The van der Waals surface area contributed by atoms with Crippen molar-refractivity contribution < 1.29 is 9.63 Å². The summed E-state index contributed by atoms with van der Waals surface area (Å²) in [5, 5.41) is 14.4. The first-order valence-corrected chi connectivity index (χ1v) is 7.49. The van der Waals surface area contributed by atoms with Crippen LogP contribution >= 0.6 is 0 Å². The molecule has 0 bridgehead atoms. The molecule has 23 heavy (non-hydrogen) atoms. The van der Waals surface area contributed by atoms with E-state index in [4.69, 9.17) is 9.51 Å². The fraction of sp³-hybridized carbons (Fsp3) is 0.111. The van der Waals surface area contributed by atoms with Crippen molar-refractivity contribution in [3.63, 3.8) is 0 Å². The maximum Gasteiger partial charge on any atom is 0.151 e. The normalized spacial score (nSPS) is 11.2. The van der Waals surface area contributed by atoms with Gasteiger partial charge in [-0.1, -0.05) is 36.3 Å². The quantitative estimate of drug-likeness (QED) is 0.622. The van der Waals surface area contributed by atoms with E-state index in [1.54, 1.807) is 18.4 Å². The summed E-state index contributed by atoms with van der Waals surface area (Å²) in [4.78, 5) is 4.73. The summed E-state index contributed by atoms with van der Waals surface area (Å²) in [6, 6.07) is 15.1. The summed E-state index contributed by atoms with van der Waals surface area (Å²) in [6.45, 7) is 2.02. The Labute approximate surface area is 132 Å². The molecule has 0 aliphatic heterocycles. The molecule has 0 saturated carbocycles. The van der Waals surface area contributed by atoms with E-state index in [0.717, 1.165) is 28.7 Å². The number of aryl methyl sites for hydroxylation is 1. The number of rotatable bonds is 3. The van der Waals surface area contributed by atoms with Crippen LogP contribution in [0.2, 0.25) is 0 Å². The fourth-order valence-electron chi connectivity index (χ4n) is 2.80. The standard InChI is InChI=1S/C18H15N3O2/c1-2-13-12(11-23-20-13)18-19-14-7-3-4-8-15(14)21(18)16-9-5-6-10-17(16)22/h3-11,22H,2H2,1H3. The molecule has 2 aromatic heterocycles. The molecule has 0 fully saturated rings. The van der Waals surface area contributed by atoms with Crippen LogP contribution < -0.4 is 0 Å². The van der Waals surface area contributed by atoms with Gasteiger partial charge in [0.2, 0.25) is 0 Å². The van der Waals surface area contributed by atoms with E-state index >= 15 is 0 Å². The topological polar surface area (TPSA) is 64.1 Å². The van der Waals surface area contributed by atoms with E-state index < -0.39 is 0 Å². The van der Waals surface area contributed by atoms with E-state index in [0.29, 0.717) is 11.5 Å². The second-order valence-electron chi connectivity index (χ2n) is 5.28. The SMILES string of the molecule is CCc1nocc1-c1nc2ccccc2n1-c1ccccc1O. The van der Waals surface area contributed by atoms with Gasteiger partial charge in [-0.05, 0) is 30.7 Å². The Bertz CT molecular complexity index is 985. The van der Waals surface area contributed by atoms with E-state index in [-0.39, 0.29) is 5.75 Å². The predicted octanol–water partition coefficient (Wildman–Crippen LogP) is 3.95. The first-order valence-electron chi connectivity index (χ1n) is 7.49. The summed E-state index contributed by atoms with van der Waals surface area (Å²) in [6.07, 6.45) is 2.35. The molecule has 1 N–H and O–H groups in total. The molecule has 0 saturated heterocycles. The van der Waals surface area contributed by atoms with Crippen LogP contribution in [0.4, 0.5) is 0 Å². The average Bonchev–Trinajstić information content (AvgIpc) is 3.19. The van der Waals surface area contributed by atoms with Crippen molar-refractivity contribution in [1.82, 2.24) is 14.7 Å². The Hall–Kier alpha value is -3.08. The molecule has 0 radical (unpaired) electrons. The lowest BCUT2D eigenvalue weighted by atomic mass is 10.2. The van der Waals surface area contributed by atoms with E-state index in [1.807, 2.05) is 47.9 Å². The molecule has 0 aliphatic carbocycles. The lowest BCUT2D eigenvalue weighted by Gasteiger charge is -2.10. The number of imidazole rings is 1. The molecule has 114 valence electrons. The van der Waals surface area contributed by atoms with Gasteiger partial charge < -0.3 is 9.63 Å². The van der Waals surface area contributed by atoms with Gasteiger partial charge in [-0.25, -0.2) is 4.98 Å². The summed E-state index contributed by atoms with van der Waals surface area (Å²) in [5.74, 6) is 0.914. The van der Waals surface area contributed by atoms with Crippen LogP contribution in [0.3, 0.4) is 0 Å². The van der Waals surface area contributed by atoms with Crippen molar-refractivity contribution in [3.05, 3.63) is 60.5 Å². The van der Waals surface area contributed by atoms with Gasteiger partial charge in [-0.3, -0.25) is 4.57 Å². The van der Waals surface area contributed by atoms with E-state index in [9.17, 15) is 5.11 Å². The van der Waals surface area contributed by atoms with Gasteiger partial charge in [0.25, 0.3) is 0 Å². The zero-order valence-corrected chi connectivity index (χ0v) is 12.6. The van der Waals surface area contributed by atoms with Crippen molar-refractivity contribution in [2.24, 2.45) is 0 Å². The van der Waals surface area contributed by atoms with Crippen molar-refractivity contribution in [1.29, 1.82) is 0 Å². The van der Waals surface area contributed by atoms with E-state index in [1.165, 1.54) is 0 Å². The second-order valence-corrected chi connectivity index (χ2v) is 5.28. The van der Waals surface area contributed by atoms with Crippen LogP contribution in [0.1, 0.15) is 12.6 Å². The van der Waals surface area contributed by atoms with Crippen LogP contribution in [0.25, 0.3) is 28.1 Å². The number of aromatic nitrogens is 3. The van der Waals surface area contributed by atoms with Gasteiger partial charge in [0.1, 0.15) is 12.0 Å². The van der Waals surface area contributed by atoms with Gasteiger partial charge in [-0.15, -0.1) is 0 Å². The molecular formula is C18H15N3O2. The number of fused-ring (bicyclic) bond motifs is 1. The number of nitrogens with zero attached hydrogens (tertiary/aromatic N) is 3. The predicted molar refractivity (Wildman–Crippen MR) is 87.6 cm³/mol. The molecule has 5 nitrogen and oxygen atoms in total. The summed E-state index contributed by atoms with van der Waals surface area (Å²) >= 11 is 0. The zero-order valence-electron chi connectivity index (χ0n) is 12.6. The average molecular weight is 305 g/mol. The van der Waals surface area contributed by atoms with Gasteiger partial charge in [0, 0.05) is 0 Å². The number of hydrogen-bond donors (Lipinski definition) is 1. The largest absolute Gasteiger partial charge is 0.506 e. The summed E-state index contributed by atoms with van der Waals surface area (Å²) in [5.41, 5.74) is 4.14. The van der Waals surface area contributed by atoms with Crippen LogP contribution in [0.5, 0.6) is 5.75 Å². The van der Waals surface area contributed by atoms with Crippen molar-refractivity contribution >= 4 is 11.0 Å². The zero-order chi connectivity index (χ0) is 15.8. The monoisotopic (exact) mass is 305 g/mol. The number of aromatic hydroxyl groups is 1. The Morgan fingerprint density at radius 3 is 2.70 bits per heavy atom. The molecule has 4 rings (SSSR count). The van der Waals surface area contributed by atoms with Crippen molar-refractivity contribution in [2.75, 3.05) is 0 Å². The fourth-order valence-corrected chi connectivity index (χ4v) is 2.80. The number of phenols is 1. The first kappa shape index (κ1) is 13.6. The van der Waals surface area contributed by atoms with Crippen LogP contribution in [0, 0.1) is 0 Å². The van der Waals surface area contributed by atoms with Crippen LogP contribution in [0.15, 0.2) is 59.3 Å².